The van der Waals surface area contributed by atoms with Crippen LogP contribution in [0.4, 0.5) is 0 Å². The van der Waals surface area contributed by atoms with Gasteiger partial charge in [-0.2, -0.15) is 11.8 Å². The van der Waals surface area contributed by atoms with Gasteiger partial charge in [0.25, 0.3) is 0 Å². The van der Waals surface area contributed by atoms with Gasteiger partial charge in [-0.25, -0.2) is 0 Å². The second kappa shape index (κ2) is 5.52. The molecule has 2 saturated carbocycles. The van der Waals surface area contributed by atoms with E-state index >= 15 is 0 Å². The molecule has 0 aliphatic heterocycles. The highest BCUT2D eigenvalue weighted by Crippen LogP contribution is 2.46. The van der Waals surface area contributed by atoms with Crippen LogP contribution >= 0.6 is 23.4 Å². The molecule has 2 rings (SSSR count). The molecule has 0 heterocycles. The first-order valence-corrected chi connectivity index (χ1v) is 8.21. The van der Waals surface area contributed by atoms with E-state index in [1.807, 2.05) is 0 Å². The molecule has 0 nitrogen and oxygen atoms in total. The molecule has 16 heavy (non-hydrogen) atoms. The van der Waals surface area contributed by atoms with E-state index in [1.54, 1.807) is 0 Å². The summed E-state index contributed by atoms with van der Waals surface area (Å²) in [7, 11) is 0. The molecule has 0 aromatic rings. The van der Waals surface area contributed by atoms with E-state index in [-0.39, 0.29) is 0 Å². The van der Waals surface area contributed by atoms with Crippen LogP contribution in [0.3, 0.4) is 0 Å². The predicted octanol–water partition coefficient (Wildman–Crippen LogP) is 5.24. The molecule has 2 heteroatoms. The second-order valence-corrected chi connectivity index (χ2v) is 8.65. The average molecular weight is 261 g/mol. The molecule has 94 valence electrons. The van der Waals surface area contributed by atoms with Gasteiger partial charge in [0.15, 0.2) is 0 Å². The normalized spacial score (nSPS) is 33.2. The van der Waals surface area contributed by atoms with Gasteiger partial charge in [0, 0.05) is 15.4 Å². The summed E-state index contributed by atoms with van der Waals surface area (Å²) in [5.74, 6) is 0.896. The largest absolute Gasteiger partial charge is 0.152 e. The first-order chi connectivity index (χ1) is 7.58. The van der Waals surface area contributed by atoms with Crippen molar-refractivity contribution >= 4 is 23.4 Å². The van der Waals surface area contributed by atoms with Gasteiger partial charge in [-0.15, -0.1) is 11.6 Å². The Bertz CT molecular complexity index is 213. The number of alkyl halides is 1. The fraction of sp³-hybridized carbons (Fsp3) is 1.00. The smallest absolute Gasteiger partial charge is 0.0336 e. The van der Waals surface area contributed by atoms with Crippen LogP contribution in [0, 0.1) is 5.92 Å². The average Bonchev–Trinajstić information content (AvgIpc) is 2.70. The molecule has 0 aromatic heterocycles. The first kappa shape index (κ1) is 13.1. The van der Waals surface area contributed by atoms with Crippen molar-refractivity contribution in [1.29, 1.82) is 0 Å². The predicted molar refractivity (Wildman–Crippen MR) is 75.5 cm³/mol. The first-order valence-electron chi connectivity index (χ1n) is 6.90. The summed E-state index contributed by atoms with van der Waals surface area (Å²) in [6.07, 6.45) is 11.0. The van der Waals surface area contributed by atoms with Crippen molar-refractivity contribution in [1.82, 2.24) is 0 Å². The summed E-state index contributed by atoms with van der Waals surface area (Å²) in [5, 5.41) is 1.41. The van der Waals surface area contributed by atoms with E-state index in [1.165, 1.54) is 51.4 Å². The molecule has 0 amide bonds. The van der Waals surface area contributed by atoms with Crippen molar-refractivity contribution in [3.8, 4) is 0 Å². The topological polar surface area (TPSA) is 0 Å². The zero-order valence-corrected chi connectivity index (χ0v) is 12.2. The zero-order chi connectivity index (χ0) is 11.6. The standard InChI is InChI=1S/C14H25ClS/c1-14(2,16-13-5-3-4-6-13)11-7-9-12(15)10-8-11/h11-13H,3-10H2,1-2H3. The van der Waals surface area contributed by atoms with Gasteiger partial charge >= 0.3 is 0 Å². The molecule has 0 spiro atoms. The monoisotopic (exact) mass is 260 g/mol. The summed E-state index contributed by atoms with van der Waals surface area (Å²) < 4.78 is 0.478. The van der Waals surface area contributed by atoms with E-state index in [9.17, 15) is 0 Å². The number of hydrogen-bond donors (Lipinski definition) is 0. The maximum atomic E-state index is 6.20. The summed E-state index contributed by atoms with van der Waals surface area (Å²) in [6.45, 7) is 4.93. The summed E-state index contributed by atoms with van der Waals surface area (Å²) >= 11 is 8.47. The maximum absolute atomic E-state index is 6.20. The third-order valence-electron chi connectivity index (χ3n) is 4.41. The molecule has 0 saturated heterocycles. The van der Waals surface area contributed by atoms with Gasteiger partial charge < -0.3 is 0 Å². The Morgan fingerprint density at radius 3 is 2.06 bits per heavy atom. The highest BCUT2D eigenvalue weighted by molar-refractivity contribution is 8.01. The van der Waals surface area contributed by atoms with Gasteiger partial charge in [-0.05, 0) is 44.4 Å². The van der Waals surface area contributed by atoms with Crippen molar-refractivity contribution < 1.29 is 0 Å². The molecule has 0 radical (unpaired) electrons. The second-order valence-electron chi connectivity index (χ2n) is 6.08. The Hall–Kier alpha value is 0.640. The van der Waals surface area contributed by atoms with Crippen LogP contribution in [0.5, 0.6) is 0 Å². The Balaban J connectivity index is 1.85. The lowest BCUT2D eigenvalue weighted by molar-refractivity contribution is 0.306. The van der Waals surface area contributed by atoms with Gasteiger partial charge in [-0.1, -0.05) is 26.7 Å². The lowest BCUT2D eigenvalue weighted by Gasteiger charge is -2.39. The fourth-order valence-electron chi connectivity index (χ4n) is 3.28. The van der Waals surface area contributed by atoms with Crippen LogP contribution in [0.25, 0.3) is 0 Å². The lowest BCUT2D eigenvalue weighted by Crippen LogP contribution is -2.33. The van der Waals surface area contributed by atoms with E-state index in [4.69, 9.17) is 11.6 Å². The van der Waals surface area contributed by atoms with Crippen molar-refractivity contribution in [2.45, 2.75) is 80.6 Å². The minimum Gasteiger partial charge on any atom is -0.152 e. The zero-order valence-electron chi connectivity index (χ0n) is 10.7. The quantitative estimate of drug-likeness (QED) is 0.626. The minimum absolute atomic E-state index is 0.462. The lowest BCUT2D eigenvalue weighted by atomic mass is 9.81. The van der Waals surface area contributed by atoms with Crippen LogP contribution in [-0.2, 0) is 0 Å². The number of thioether (sulfide) groups is 1. The number of rotatable bonds is 3. The van der Waals surface area contributed by atoms with Crippen LogP contribution in [-0.4, -0.2) is 15.4 Å². The fourth-order valence-corrected chi connectivity index (χ4v) is 5.39. The molecular weight excluding hydrogens is 236 g/mol. The SMILES string of the molecule is CC(C)(SC1CCCC1)C1CCC(Cl)CC1. The molecule has 0 unspecified atom stereocenters. The Labute approximate surface area is 110 Å². The van der Waals surface area contributed by atoms with Gasteiger partial charge in [0.05, 0.1) is 0 Å². The van der Waals surface area contributed by atoms with Crippen LogP contribution < -0.4 is 0 Å². The number of halogens is 1. The molecule has 2 aliphatic rings. The van der Waals surface area contributed by atoms with E-state index < -0.39 is 0 Å². The van der Waals surface area contributed by atoms with Gasteiger partial charge in [0.1, 0.15) is 0 Å². The van der Waals surface area contributed by atoms with E-state index in [0.717, 1.165) is 11.2 Å². The van der Waals surface area contributed by atoms with E-state index in [2.05, 4.69) is 25.6 Å². The maximum Gasteiger partial charge on any atom is 0.0336 e. The van der Waals surface area contributed by atoms with Gasteiger partial charge in [-0.3, -0.25) is 0 Å². The molecule has 0 aromatic carbocycles. The molecular formula is C14H25ClS. The van der Waals surface area contributed by atoms with Crippen molar-refractivity contribution in [2.75, 3.05) is 0 Å². The highest BCUT2D eigenvalue weighted by atomic mass is 35.5. The third-order valence-corrected chi connectivity index (χ3v) is 6.59. The number of hydrogen-bond acceptors (Lipinski definition) is 1. The Morgan fingerprint density at radius 1 is 0.938 bits per heavy atom. The minimum atomic E-state index is 0.462. The molecule has 2 aliphatic carbocycles. The highest BCUT2D eigenvalue weighted by Gasteiger charge is 2.35. The van der Waals surface area contributed by atoms with Gasteiger partial charge in [0.2, 0.25) is 0 Å². The van der Waals surface area contributed by atoms with Crippen LogP contribution in [0.15, 0.2) is 0 Å². The Morgan fingerprint density at radius 2 is 1.50 bits per heavy atom. The Kier molecular flexibility index (Phi) is 4.51. The third kappa shape index (κ3) is 3.32. The van der Waals surface area contributed by atoms with E-state index in [0.29, 0.717) is 10.1 Å². The molecule has 0 atom stereocenters. The molecule has 0 bridgehead atoms. The van der Waals surface area contributed by atoms with Crippen LogP contribution in [0.1, 0.15) is 65.2 Å². The summed E-state index contributed by atoms with van der Waals surface area (Å²) in [4.78, 5) is 0. The van der Waals surface area contributed by atoms with Crippen LogP contribution in [0.2, 0.25) is 0 Å². The molecule has 2 fully saturated rings. The molecule has 0 N–H and O–H groups in total. The summed E-state index contributed by atoms with van der Waals surface area (Å²) in [5.41, 5.74) is 0. The van der Waals surface area contributed by atoms with Crippen molar-refractivity contribution in [3.63, 3.8) is 0 Å². The van der Waals surface area contributed by atoms with Crippen molar-refractivity contribution in [2.24, 2.45) is 5.92 Å². The summed E-state index contributed by atoms with van der Waals surface area (Å²) in [6, 6.07) is 0. The van der Waals surface area contributed by atoms with Crippen molar-refractivity contribution in [3.05, 3.63) is 0 Å².